The van der Waals surface area contributed by atoms with E-state index in [4.69, 9.17) is 0 Å². The normalized spacial score (nSPS) is 12.8. The zero-order valence-electron chi connectivity index (χ0n) is 10.3. The molecule has 6 nitrogen and oxygen atoms in total. The van der Waals surface area contributed by atoms with Gasteiger partial charge < -0.3 is 5.32 Å². The molecule has 6 heteroatoms. The van der Waals surface area contributed by atoms with Gasteiger partial charge in [-0.25, -0.2) is 4.98 Å². The van der Waals surface area contributed by atoms with Gasteiger partial charge in [-0.1, -0.05) is 0 Å². The summed E-state index contributed by atoms with van der Waals surface area (Å²) in [7, 11) is 0. The molecule has 0 radical (unpaired) electrons. The van der Waals surface area contributed by atoms with Crippen LogP contribution in [0.2, 0.25) is 0 Å². The van der Waals surface area contributed by atoms with Gasteiger partial charge in [0.15, 0.2) is 5.65 Å². The molecule has 18 heavy (non-hydrogen) atoms. The molecule has 3 heterocycles. The van der Waals surface area contributed by atoms with Crippen LogP contribution in [-0.2, 0) is 0 Å². The first-order chi connectivity index (χ1) is 8.74. The molecule has 1 atom stereocenters. The maximum Gasteiger partial charge on any atom is 0.157 e. The number of aromatic amines is 1. The fourth-order valence-corrected chi connectivity index (χ4v) is 1.96. The van der Waals surface area contributed by atoms with E-state index in [-0.39, 0.29) is 6.04 Å². The van der Waals surface area contributed by atoms with Crippen LogP contribution in [0.5, 0.6) is 0 Å². The van der Waals surface area contributed by atoms with Gasteiger partial charge in [0.2, 0.25) is 0 Å². The first-order valence-corrected chi connectivity index (χ1v) is 5.79. The Morgan fingerprint density at radius 2 is 2.28 bits per heavy atom. The lowest BCUT2D eigenvalue weighted by Crippen LogP contribution is -2.10. The lowest BCUT2D eigenvalue weighted by molar-refractivity contribution is 0.846. The van der Waals surface area contributed by atoms with Gasteiger partial charge in [-0.15, -0.1) is 0 Å². The fraction of sp³-hybridized carbons (Fsp3) is 0.250. The SMILES string of the molecule is Cc1cc(NC(C)c2cn[nH]c2)n2ncnc2c1. The summed E-state index contributed by atoms with van der Waals surface area (Å²) < 4.78 is 1.80. The van der Waals surface area contributed by atoms with Crippen molar-refractivity contribution < 1.29 is 0 Å². The minimum atomic E-state index is 0.151. The average Bonchev–Trinajstić information content (AvgIpc) is 2.98. The zero-order chi connectivity index (χ0) is 12.5. The third-order valence-corrected chi connectivity index (χ3v) is 2.91. The molecule has 0 aromatic carbocycles. The number of nitrogens with zero attached hydrogens (tertiary/aromatic N) is 4. The van der Waals surface area contributed by atoms with Gasteiger partial charge in [-0.05, 0) is 31.5 Å². The number of anilines is 1. The number of hydrogen-bond donors (Lipinski definition) is 2. The van der Waals surface area contributed by atoms with Crippen molar-refractivity contribution in [1.82, 2.24) is 24.8 Å². The van der Waals surface area contributed by atoms with Crippen molar-refractivity contribution in [2.45, 2.75) is 19.9 Å². The number of fused-ring (bicyclic) bond motifs is 1. The Kier molecular flexibility index (Phi) is 2.47. The van der Waals surface area contributed by atoms with Crippen LogP contribution in [0.3, 0.4) is 0 Å². The van der Waals surface area contributed by atoms with Crippen molar-refractivity contribution in [1.29, 1.82) is 0 Å². The third kappa shape index (κ3) is 1.81. The Hall–Kier alpha value is -2.37. The van der Waals surface area contributed by atoms with Crippen molar-refractivity contribution in [3.8, 4) is 0 Å². The van der Waals surface area contributed by atoms with Crippen LogP contribution >= 0.6 is 0 Å². The molecule has 0 bridgehead atoms. The molecule has 0 amide bonds. The minimum Gasteiger partial charge on any atom is -0.363 e. The summed E-state index contributed by atoms with van der Waals surface area (Å²) in [6, 6.07) is 4.21. The standard InChI is InChI=1S/C12H14N6/c1-8-3-11-13-7-16-18(11)12(4-8)17-9(2)10-5-14-15-6-10/h3-7,9,17H,1-2H3,(H,14,15). The van der Waals surface area contributed by atoms with Gasteiger partial charge in [0.25, 0.3) is 0 Å². The molecule has 0 aliphatic rings. The molecule has 0 aliphatic heterocycles. The van der Waals surface area contributed by atoms with Crippen molar-refractivity contribution in [3.05, 3.63) is 42.0 Å². The van der Waals surface area contributed by atoms with Gasteiger partial charge in [-0.2, -0.15) is 14.7 Å². The maximum atomic E-state index is 4.21. The number of aryl methyl sites for hydroxylation is 1. The predicted molar refractivity (Wildman–Crippen MR) is 68.3 cm³/mol. The summed E-state index contributed by atoms with van der Waals surface area (Å²) in [5.74, 6) is 0.927. The van der Waals surface area contributed by atoms with Gasteiger partial charge in [0.1, 0.15) is 12.1 Å². The molecule has 3 aromatic heterocycles. The second-order valence-corrected chi connectivity index (χ2v) is 4.35. The van der Waals surface area contributed by atoms with E-state index in [1.807, 2.05) is 25.4 Å². The van der Waals surface area contributed by atoms with E-state index in [0.29, 0.717) is 0 Å². The van der Waals surface area contributed by atoms with Crippen LogP contribution in [0.4, 0.5) is 5.82 Å². The summed E-state index contributed by atoms with van der Waals surface area (Å²) in [4.78, 5) is 4.20. The van der Waals surface area contributed by atoms with Crippen LogP contribution in [0, 0.1) is 6.92 Å². The number of nitrogens with one attached hydrogen (secondary N) is 2. The van der Waals surface area contributed by atoms with Crippen molar-refractivity contribution in [2.75, 3.05) is 5.32 Å². The quantitative estimate of drug-likeness (QED) is 0.736. The molecule has 2 N–H and O–H groups in total. The first-order valence-electron chi connectivity index (χ1n) is 5.79. The Morgan fingerprint density at radius 3 is 3.06 bits per heavy atom. The number of hydrogen-bond acceptors (Lipinski definition) is 4. The van der Waals surface area contributed by atoms with Gasteiger partial charge in [0.05, 0.1) is 12.2 Å². The zero-order valence-corrected chi connectivity index (χ0v) is 10.3. The van der Waals surface area contributed by atoms with Crippen LogP contribution in [0.15, 0.2) is 30.9 Å². The minimum absolute atomic E-state index is 0.151. The lowest BCUT2D eigenvalue weighted by Gasteiger charge is -2.14. The molecule has 1 unspecified atom stereocenters. The summed E-state index contributed by atoms with van der Waals surface area (Å²) in [6.07, 6.45) is 5.25. The molecular weight excluding hydrogens is 228 g/mol. The predicted octanol–water partition coefficient (Wildman–Crippen LogP) is 1.93. The molecule has 3 aromatic rings. The highest BCUT2D eigenvalue weighted by atomic mass is 15.3. The Balaban J connectivity index is 1.97. The van der Waals surface area contributed by atoms with E-state index in [1.54, 1.807) is 10.8 Å². The summed E-state index contributed by atoms with van der Waals surface area (Å²) in [5, 5.41) is 14.4. The maximum absolute atomic E-state index is 4.21. The highest BCUT2D eigenvalue weighted by molar-refractivity contribution is 5.52. The summed E-state index contributed by atoms with van der Waals surface area (Å²) in [6.45, 7) is 4.12. The Bertz CT molecular complexity index is 654. The van der Waals surface area contributed by atoms with E-state index < -0.39 is 0 Å². The lowest BCUT2D eigenvalue weighted by atomic mass is 10.2. The van der Waals surface area contributed by atoms with Crippen LogP contribution in [0.1, 0.15) is 24.1 Å². The second kappa shape index (κ2) is 4.14. The number of H-pyrrole nitrogens is 1. The van der Waals surface area contributed by atoms with Crippen molar-refractivity contribution in [3.63, 3.8) is 0 Å². The summed E-state index contributed by atoms with van der Waals surface area (Å²) in [5.41, 5.74) is 3.10. The molecule has 3 rings (SSSR count). The molecule has 92 valence electrons. The van der Waals surface area contributed by atoms with Crippen molar-refractivity contribution in [2.24, 2.45) is 0 Å². The number of aromatic nitrogens is 5. The topological polar surface area (TPSA) is 70.9 Å². The molecular formula is C12H14N6. The molecule has 0 saturated heterocycles. The highest BCUT2D eigenvalue weighted by Crippen LogP contribution is 2.19. The van der Waals surface area contributed by atoms with E-state index in [2.05, 4.69) is 38.6 Å². The smallest absolute Gasteiger partial charge is 0.157 e. The Morgan fingerprint density at radius 1 is 1.39 bits per heavy atom. The van der Waals surface area contributed by atoms with Crippen LogP contribution in [-0.4, -0.2) is 24.8 Å². The first kappa shape index (κ1) is 10.8. The Labute approximate surface area is 104 Å². The van der Waals surface area contributed by atoms with Gasteiger partial charge >= 0.3 is 0 Å². The van der Waals surface area contributed by atoms with Crippen molar-refractivity contribution >= 4 is 11.5 Å². The highest BCUT2D eigenvalue weighted by Gasteiger charge is 2.10. The molecule has 0 aliphatic carbocycles. The van der Waals surface area contributed by atoms with E-state index in [1.165, 1.54) is 0 Å². The average molecular weight is 242 g/mol. The van der Waals surface area contributed by atoms with E-state index >= 15 is 0 Å². The number of rotatable bonds is 3. The largest absolute Gasteiger partial charge is 0.363 e. The van der Waals surface area contributed by atoms with Gasteiger partial charge in [-0.3, -0.25) is 5.10 Å². The summed E-state index contributed by atoms with van der Waals surface area (Å²) >= 11 is 0. The molecule has 0 saturated carbocycles. The molecule has 0 fully saturated rings. The van der Waals surface area contributed by atoms with Crippen LogP contribution in [0.25, 0.3) is 5.65 Å². The van der Waals surface area contributed by atoms with Gasteiger partial charge in [0, 0.05) is 11.8 Å². The van der Waals surface area contributed by atoms with E-state index in [0.717, 1.165) is 22.6 Å². The number of pyridine rings is 1. The third-order valence-electron chi connectivity index (χ3n) is 2.91. The molecule has 0 spiro atoms. The monoisotopic (exact) mass is 242 g/mol. The van der Waals surface area contributed by atoms with Crippen LogP contribution < -0.4 is 5.32 Å². The fourth-order valence-electron chi connectivity index (χ4n) is 1.96. The second-order valence-electron chi connectivity index (χ2n) is 4.35. The van der Waals surface area contributed by atoms with E-state index in [9.17, 15) is 0 Å².